The predicted octanol–water partition coefficient (Wildman–Crippen LogP) is 1.36. The van der Waals surface area contributed by atoms with Crippen molar-refractivity contribution in [1.29, 1.82) is 0 Å². The molecule has 3 heteroatoms. The van der Waals surface area contributed by atoms with Gasteiger partial charge in [0.25, 0.3) is 5.56 Å². The number of unbranched alkanes of at least 4 members (excludes halogenated alkanes) is 1. The smallest absolute Gasteiger partial charge is 0.267 e. The van der Waals surface area contributed by atoms with Gasteiger partial charge in [-0.2, -0.15) is 0 Å². The molecule has 0 amide bonds. The van der Waals surface area contributed by atoms with E-state index in [-0.39, 0.29) is 5.56 Å². The molecule has 0 spiro atoms. The van der Waals surface area contributed by atoms with Gasteiger partial charge in [0, 0.05) is 18.3 Å². The normalized spacial score (nSPS) is 10.6. The quantitative estimate of drug-likeness (QED) is 0.727. The van der Waals surface area contributed by atoms with E-state index in [0.29, 0.717) is 0 Å². The molecule has 0 bridgehead atoms. The van der Waals surface area contributed by atoms with Gasteiger partial charge in [-0.15, -0.1) is 0 Å². The topological polar surface area (TPSA) is 37.8 Å². The third-order valence-electron chi connectivity index (χ3n) is 2.26. The highest BCUT2D eigenvalue weighted by Crippen LogP contribution is 2.04. The van der Waals surface area contributed by atoms with Crippen molar-refractivity contribution in [2.45, 2.75) is 33.1 Å². The van der Waals surface area contributed by atoms with Gasteiger partial charge in [0.1, 0.15) is 0 Å². The van der Waals surface area contributed by atoms with Crippen LogP contribution in [-0.2, 0) is 13.5 Å². The highest BCUT2D eigenvalue weighted by molar-refractivity contribution is 5.15. The van der Waals surface area contributed by atoms with Gasteiger partial charge in [0.2, 0.25) is 0 Å². The molecule has 0 fully saturated rings. The molecule has 1 N–H and O–H groups in total. The number of rotatable bonds is 3. The molecule has 0 atom stereocenters. The second-order valence-electron chi connectivity index (χ2n) is 3.17. The number of aromatic nitrogens is 2. The van der Waals surface area contributed by atoms with Gasteiger partial charge in [0.15, 0.2) is 0 Å². The molecule has 0 aliphatic carbocycles. The summed E-state index contributed by atoms with van der Waals surface area (Å²) in [4.78, 5) is 11.3. The fourth-order valence-corrected chi connectivity index (χ4v) is 1.32. The largest absolute Gasteiger partial charge is 0.292 e. The molecular formula is C9H16N2O. The summed E-state index contributed by atoms with van der Waals surface area (Å²) in [7, 11) is 1.87. The summed E-state index contributed by atoms with van der Waals surface area (Å²) in [6.45, 7) is 4.11. The van der Waals surface area contributed by atoms with Gasteiger partial charge in [-0.25, -0.2) is 0 Å². The van der Waals surface area contributed by atoms with Crippen LogP contribution < -0.4 is 5.56 Å². The predicted molar refractivity (Wildman–Crippen MR) is 49.4 cm³/mol. The average Bonchev–Trinajstić information content (AvgIpc) is 2.25. The standard InChI is InChI=1S/C9H16N2O/c1-4-5-6-8-7(2)11(3)10-9(8)12/h4-6H2,1-3H3,(H,10,12). The summed E-state index contributed by atoms with van der Waals surface area (Å²) < 4.78 is 1.79. The maximum atomic E-state index is 11.3. The molecule has 12 heavy (non-hydrogen) atoms. The SMILES string of the molecule is CCCCc1c(C)n(C)[nH]c1=O. The Hall–Kier alpha value is -0.990. The van der Waals surface area contributed by atoms with Crippen LogP contribution in [0.5, 0.6) is 0 Å². The van der Waals surface area contributed by atoms with E-state index in [1.54, 1.807) is 4.68 Å². The molecule has 68 valence electrons. The molecular weight excluding hydrogens is 152 g/mol. The number of nitrogens with zero attached hydrogens (tertiary/aromatic N) is 1. The van der Waals surface area contributed by atoms with E-state index in [2.05, 4.69) is 12.0 Å². The van der Waals surface area contributed by atoms with E-state index in [4.69, 9.17) is 0 Å². The molecule has 0 saturated carbocycles. The summed E-state index contributed by atoms with van der Waals surface area (Å²) in [5.74, 6) is 0. The highest BCUT2D eigenvalue weighted by Gasteiger charge is 2.06. The summed E-state index contributed by atoms with van der Waals surface area (Å²) in [5.41, 5.74) is 2.08. The van der Waals surface area contributed by atoms with Gasteiger partial charge in [0.05, 0.1) is 0 Å². The minimum atomic E-state index is 0.0726. The first kappa shape index (κ1) is 9.10. The first-order valence-electron chi connectivity index (χ1n) is 4.41. The van der Waals surface area contributed by atoms with Crippen LogP contribution in [0, 0.1) is 6.92 Å². The lowest BCUT2D eigenvalue weighted by Crippen LogP contribution is -2.06. The van der Waals surface area contributed by atoms with Crippen molar-refractivity contribution in [3.05, 3.63) is 21.6 Å². The lowest BCUT2D eigenvalue weighted by molar-refractivity contribution is 0.727. The van der Waals surface area contributed by atoms with Crippen LogP contribution in [0.25, 0.3) is 0 Å². The van der Waals surface area contributed by atoms with Crippen molar-refractivity contribution in [3.63, 3.8) is 0 Å². The molecule has 0 aliphatic heterocycles. The van der Waals surface area contributed by atoms with E-state index in [9.17, 15) is 4.79 Å². The fraction of sp³-hybridized carbons (Fsp3) is 0.667. The van der Waals surface area contributed by atoms with Gasteiger partial charge in [-0.1, -0.05) is 13.3 Å². The van der Waals surface area contributed by atoms with Crippen LogP contribution in [0.3, 0.4) is 0 Å². The van der Waals surface area contributed by atoms with Crippen LogP contribution >= 0.6 is 0 Å². The Kier molecular flexibility index (Phi) is 2.74. The molecule has 1 heterocycles. The molecule has 1 aromatic rings. The Bertz CT molecular complexity index is 309. The molecule has 0 radical (unpaired) electrons. The Morgan fingerprint density at radius 1 is 1.50 bits per heavy atom. The molecule has 0 aromatic carbocycles. The van der Waals surface area contributed by atoms with Gasteiger partial charge < -0.3 is 0 Å². The van der Waals surface area contributed by atoms with E-state index in [1.165, 1.54) is 0 Å². The Morgan fingerprint density at radius 3 is 2.58 bits per heavy atom. The maximum absolute atomic E-state index is 11.3. The van der Waals surface area contributed by atoms with Crippen molar-refractivity contribution in [3.8, 4) is 0 Å². The van der Waals surface area contributed by atoms with Crippen LogP contribution in [0.15, 0.2) is 4.79 Å². The number of aryl methyl sites for hydroxylation is 1. The van der Waals surface area contributed by atoms with E-state index < -0.39 is 0 Å². The molecule has 0 aliphatic rings. The van der Waals surface area contributed by atoms with Gasteiger partial charge in [-0.05, 0) is 19.8 Å². The highest BCUT2D eigenvalue weighted by atomic mass is 16.1. The van der Waals surface area contributed by atoms with E-state index >= 15 is 0 Å². The van der Waals surface area contributed by atoms with Crippen molar-refractivity contribution < 1.29 is 0 Å². The van der Waals surface area contributed by atoms with E-state index in [1.807, 2.05) is 14.0 Å². The fourth-order valence-electron chi connectivity index (χ4n) is 1.32. The first-order valence-corrected chi connectivity index (χ1v) is 4.41. The zero-order chi connectivity index (χ0) is 9.14. The number of aromatic amines is 1. The van der Waals surface area contributed by atoms with Gasteiger partial charge >= 0.3 is 0 Å². The minimum Gasteiger partial charge on any atom is -0.292 e. The number of H-pyrrole nitrogens is 1. The summed E-state index contributed by atoms with van der Waals surface area (Å²) >= 11 is 0. The zero-order valence-electron chi connectivity index (χ0n) is 7.98. The minimum absolute atomic E-state index is 0.0726. The lowest BCUT2D eigenvalue weighted by Gasteiger charge is -1.97. The van der Waals surface area contributed by atoms with Crippen molar-refractivity contribution in [1.82, 2.24) is 9.78 Å². The molecule has 1 rings (SSSR count). The molecule has 1 aromatic heterocycles. The van der Waals surface area contributed by atoms with Crippen LogP contribution in [0.1, 0.15) is 31.0 Å². The second-order valence-corrected chi connectivity index (χ2v) is 3.17. The summed E-state index contributed by atoms with van der Waals surface area (Å²) in [5, 5.41) is 2.75. The van der Waals surface area contributed by atoms with E-state index in [0.717, 1.165) is 30.5 Å². The Labute approximate surface area is 72.4 Å². The van der Waals surface area contributed by atoms with Crippen LogP contribution in [-0.4, -0.2) is 9.78 Å². The van der Waals surface area contributed by atoms with Gasteiger partial charge in [-0.3, -0.25) is 14.6 Å². The van der Waals surface area contributed by atoms with Crippen molar-refractivity contribution >= 4 is 0 Å². The maximum Gasteiger partial charge on any atom is 0.267 e. The monoisotopic (exact) mass is 168 g/mol. The second kappa shape index (κ2) is 3.61. The third-order valence-corrected chi connectivity index (χ3v) is 2.26. The van der Waals surface area contributed by atoms with Crippen molar-refractivity contribution in [2.24, 2.45) is 7.05 Å². The summed E-state index contributed by atoms with van der Waals surface area (Å²) in [6, 6.07) is 0. The Balaban J connectivity index is 2.90. The molecule has 3 nitrogen and oxygen atoms in total. The number of hydrogen-bond donors (Lipinski definition) is 1. The Morgan fingerprint density at radius 2 is 2.17 bits per heavy atom. The molecule has 0 unspecified atom stereocenters. The zero-order valence-corrected chi connectivity index (χ0v) is 7.98. The third kappa shape index (κ3) is 1.60. The van der Waals surface area contributed by atoms with Crippen LogP contribution in [0.4, 0.5) is 0 Å². The number of nitrogens with one attached hydrogen (secondary N) is 1. The van der Waals surface area contributed by atoms with Crippen LogP contribution in [0.2, 0.25) is 0 Å². The first-order chi connectivity index (χ1) is 5.66. The molecule has 0 saturated heterocycles. The van der Waals surface area contributed by atoms with Crippen molar-refractivity contribution in [2.75, 3.05) is 0 Å². The average molecular weight is 168 g/mol. The number of hydrogen-bond acceptors (Lipinski definition) is 1. The lowest BCUT2D eigenvalue weighted by atomic mass is 10.1. The summed E-state index contributed by atoms with van der Waals surface area (Å²) in [6.07, 6.45) is 3.13.